The summed E-state index contributed by atoms with van der Waals surface area (Å²) in [4.78, 5) is 8.76. The van der Waals surface area contributed by atoms with Gasteiger partial charge in [-0.05, 0) is 48.0 Å². The summed E-state index contributed by atoms with van der Waals surface area (Å²) in [6, 6.07) is 20.6. The Hall–Kier alpha value is -3.18. The summed E-state index contributed by atoms with van der Waals surface area (Å²) in [5, 5.41) is 10.3. The van der Waals surface area contributed by atoms with Gasteiger partial charge in [0.05, 0.1) is 11.3 Å². The van der Waals surface area contributed by atoms with Crippen LogP contribution in [0.25, 0.3) is 28.6 Å². The molecule has 132 valence electrons. The molecule has 4 rings (SSSR count). The van der Waals surface area contributed by atoms with Gasteiger partial charge in [0.2, 0.25) is 5.89 Å². The molecule has 4 aromatic rings. The Labute approximate surface area is 164 Å². The fourth-order valence-corrected chi connectivity index (χ4v) is 3.08. The van der Waals surface area contributed by atoms with Crippen LogP contribution in [0.2, 0.25) is 0 Å². The van der Waals surface area contributed by atoms with Crippen LogP contribution in [0.1, 0.15) is 5.56 Å². The molecular weight excluding hydrogens is 404 g/mol. The van der Waals surface area contributed by atoms with Gasteiger partial charge in [0.25, 0.3) is 0 Å². The standard InChI is InChI=1S/C22H15BrN2O2/c23-16-7-3-5-15(13-16)6-4-12-24-17-10-11-18(20(26)14-17)22-25-19-8-1-2-9-21(19)27-22/h1-14,26H/b6-4+,24-12?. The Balaban J connectivity index is 1.53. The topological polar surface area (TPSA) is 58.6 Å². The summed E-state index contributed by atoms with van der Waals surface area (Å²) in [7, 11) is 0. The molecule has 5 heteroatoms. The van der Waals surface area contributed by atoms with Gasteiger partial charge in [0, 0.05) is 16.8 Å². The van der Waals surface area contributed by atoms with Gasteiger partial charge in [-0.2, -0.15) is 0 Å². The van der Waals surface area contributed by atoms with Gasteiger partial charge in [0.15, 0.2) is 5.58 Å². The van der Waals surface area contributed by atoms with Crippen LogP contribution in [0.4, 0.5) is 5.69 Å². The third-order valence-corrected chi connectivity index (χ3v) is 4.45. The van der Waals surface area contributed by atoms with Gasteiger partial charge in [-0.3, -0.25) is 4.99 Å². The van der Waals surface area contributed by atoms with E-state index in [1.165, 1.54) is 0 Å². The molecule has 0 saturated carbocycles. The minimum absolute atomic E-state index is 0.0761. The van der Waals surface area contributed by atoms with Crippen molar-refractivity contribution in [2.75, 3.05) is 0 Å². The minimum Gasteiger partial charge on any atom is -0.507 e. The molecule has 3 aromatic carbocycles. The molecule has 4 nitrogen and oxygen atoms in total. The van der Waals surface area contributed by atoms with Crippen LogP contribution in [0.15, 0.2) is 86.7 Å². The predicted octanol–water partition coefficient (Wildman–Crippen LogP) is 6.38. The summed E-state index contributed by atoms with van der Waals surface area (Å²) in [5.74, 6) is 0.464. The zero-order valence-electron chi connectivity index (χ0n) is 14.2. The van der Waals surface area contributed by atoms with Gasteiger partial charge in [-0.15, -0.1) is 0 Å². The van der Waals surface area contributed by atoms with Crippen LogP contribution < -0.4 is 0 Å². The van der Waals surface area contributed by atoms with E-state index in [2.05, 4.69) is 25.9 Å². The summed E-state index contributed by atoms with van der Waals surface area (Å²) in [6.45, 7) is 0. The van der Waals surface area contributed by atoms with Crippen molar-refractivity contribution in [2.24, 2.45) is 4.99 Å². The summed E-state index contributed by atoms with van der Waals surface area (Å²) < 4.78 is 6.74. The van der Waals surface area contributed by atoms with Gasteiger partial charge < -0.3 is 9.52 Å². The molecule has 0 saturated heterocycles. The molecule has 0 aliphatic heterocycles. The van der Waals surface area contributed by atoms with E-state index in [9.17, 15) is 5.11 Å². The SMILES string of the molecule is Oc1cc(N=C/C=C/c2cccc(Br)c2)ccc1-c1nc2ccccc2o1. The molecule has 0 aliphatic carbocycles. The Morgan fingerprint density at radius 3 is 2.70 bits per heavy atom. The van der Waals surface area contributed by atoms with Crippen LogP contribution >= 0.6 is 15.9 Å². The van der Waals surface area contributed by atoms with E-state index in [-0.39, 0.29) is 5.75 Å². The lowest BCUT2D eigenvalue weighted by Gasteiger charge is -2.01. The first-order valence-corrected chi connectivity index (χ1v) is 9.13. The van der Waals surface area contributed by atoms with Gasteiger partial charge >= 0.3 is 0 Å². The van der Waals surface area contributed by atoms with Crippen LogP contribution in [-0.4, -0.2) is 16.3 Å². The van der Waals surface area contributed by atoms with E-state index in [1.54, 1.807) is 18.3 Å². The number of rotatable bonds is 4. The number of phenolic OH excluding ortho intramolecular Hbond substituents is 1. The second-order valence-electron chi connectivity index (χ2n) is 5.88. The van der Waals surface area contributed by atoms with E-state index in [4.69, 9.17) is 4.42 Å². The normalized spacial score (nSPS) is 11.7. The fraction of sp³-hybridized carbons (Fsp3) is 0. The molecule has 0 fully saturated rings. The molecule has 0 atom stereocenters. The number of fused-ring (bicyclic) bond motifs is 1. The van der Waals surface area contributed by atoms with Crippen molar-refractivity contribution in [1.82, 2.24) is 4.98 Å². The number of allylic oxidation sites excluding steroid dienone is 1. The van der Waals surface area contributed by atoms with Crippen molar-refractivity contribution in [2.45, 2.75) is 0 Å². The van der Waals surface area contributed by atoms with Crippen LogP contribution in [0.3, 0.4) is 0 Å². The molecule has 1 aromatic heterocycles. The van der Waals surface area contributed by atoms with Crippen molar-refractivity contribution in [3.05, 3.63) is 82.8 Å². The number of halogens is 1. The van der Waals surface area contributed by atoms with Gasteiger partial charge in [-0.1, -0.05) is 46.3 Å². The number of nitrogens with zero attached hydrogens (tertiary/aromatic N) is 2. The van der Waals surface area contributed by atoms with E-state index in [0.717, 1.165) is 15.6 Å². The molecule has 0 unspecified atom stereocenters. The van der Waals surface area contributed by atoms with Crippen LogP contribution in [-0.2, 0) is 0 Å². The Morgan fingerprint density at radius 2 is 1.89 bits per heavy atom. The maximum Gasteiger partial charge on any atom is 0.231 e. The maximum absolute atomic E-state index is 10.3. The molecule has 0 radical (unpaired) electrons. The van der Waals surface area contributed by atoms with Crippen molar-refractivity contribution in [3.63, 3.8) is 0 Å². The Morgan fingerprint density at radius 1 is 1.00 bits per heavy atom. The molecule has 1 heterocycles. The second-order valence-corrected chi connectivity index (χ2v) is 6.80. The zero-order valence-corrected chi connectivity index (χ0v) is 15.8. The fourth-order valence-electron chi connectivity index (χ4n) is 2.66. The minimum atomic E-state index is 0.0761. The summed E-state index contributed by atoms with van der Waals surface area (Å²) >= 11 is 3.44. The molecule has 0 amide bonds. The van der Waals surface area contributed by atoms with Crippen molar-refractivity contribution in [1.29, 1.82) is 0 Å². The number of aliphatic imine (C=N–C) groups is 1. The van der Waals surface area contributed by atoms with Crippen molar-refractivity contribution < 1.29 is 9.52 Å². The largest absolute Gasteiger partial charge is 0.507 e. The Bertz CT molecular complexity index is 1130. The van der Waals surface area contributed by atoms with Crippen molar-refractivity contribution >= 4 is 45.0 Å². The zero-order chi connectivity index (χ0) is 18.6. The average Bonchev–Trinajstić information content (AvgIpc) is 3.09. The number of hydrogen-bond donors (Lipinski definition) is 1. The smallest absolute Gasteiger partial charge is 0.231 e. The first kappa shape index (κ1) is 17.2. The van der Waals surface area contributed by atoms with Gasteiger partial charge in [-0.25, -0.2) is 4.98 Å². The first-order chi connectivity index (χ1) is 13.2. The lowest BCUT2D eigenvalue weighted by atomic mass is 10.2. The molecule has 27 heavy (non-hydrogen) atoms. The first-order valence-electron chi connectivity index (χ1n) is 8.34. The number of oxazole rings is 1. The number of aromatic hydroxyl groups is 1. The van der Waals surface area contributed by atoms with E-state index >= 15 is 0 Å². The summed E-state index contributed by atoms with van der Waals surface area (Å²) in [5.41, 5.74) is 3.70. The van der Waals surface area contributed by atoms with Crippen molar-refractivity contribution in [3.8, 4) is 17.2 Å². The van der Waals surface area contributed by atoms with Gasteiger partial charge in [0.1, 0.15) is 11.3 Å². The molecular formula is C22H15BrN2O2. The lowest BCUT2D eigenvalue weighted by Crippen LogP contribution is -1.79. The number of benzene rings is 3. The number of hydrogen-bond acceptors (Lipinski definition) is 4. The highest BCUT2D eigenvalue weighted by atomic mass is 79.9. The highest BCUT2D eigenvalue weighted by molar-refractivity contribution is 9.10. The average molecular weight is 419 g/mol. The van der Waals surface area contributed by atoms with Crippen LogP contribution in [0.5, 0.6) is 5.75 Å². The second kappa shape index (κ2) is 7.60. The van der Waals surface area contributed by atoms with E-state index in [0.29, 0.717) is 22.7 Å². The highest BCUT2D eigenvalue weighted by Crippen LogP contribution is 2.33. The number of phenols is 1. The number of para-hydroxylation sites is 2. The highest BCUT2D eigenvalue weighted by Gasteiger charge is 2.12. The molecule has 0 spiro atoms. The monoisotopic (exact) mass is 418 g/mol. The molecule has 0 aliphatic rings. The number of aromatic nitrogens is 1. The molecule has 0 bridgehead atoms. The third kappa shape index (κ3) is 3.99. The van der Waals surface area contributed by atoms with E-state index in [1.807, 2.05) is 66.7 Å². The predicted molar refractivity (Wildman–Crippen MR) is 112 cm³/mol. The molecule has 1 N–H and O–H groups in total. The maximum atomic E-state index is 10.3. The Kier molecular flexibility index (Phi) is 4.85. The third-order valence-electron chi connectivity index (χ3n) is 3.95. The lowest BCUT2D eigenvalue weighted by molar-refractivity contribution is 0.474. The van der Waals surface area contributed by atoms with E-state index < -0.39 is 0 Å². The summed E-state index contributed by atoms with van der Waals surface area (Å²) in [6.07, 6.45) is 5.50. The van der Waals surface area contributed by atoms with Crippen LogP contribution in [0, 0.1) is 0 Å². The quantitative estimate of drug-likeness (QED) is 0.391.